The van der Waals surface area contributed by atoms with Crippen LogP contribution in [0, 0.1) is 18.6 Å². The molecular weight excluding hydrogens is 470 g/mol. The third-order valence-corrected chi connectivity index (χ3v) is 5.47. The molecule has 9 heteroatoms. The van der Waals surface area contributed by atoms with E-state index < -0.39 is 11.7 Å². The fourth-order valence-electron chi connectivity index (χ4n) is 3.14. The lowest BCUT2D eigenvalue weighted by molar-refractivity contribution is -0.121. The van der Waals surface area contributed by atoms with Gasteiger partial charge >= 0.3 is 0 Å². The lowest BCUT2D eigenvalue weighted by Crippen LogP contribution is -2.32. The number of amides is 2. The molecule has 0 radical (unpaired) electrons. The second-order valence-corrected chi connectivity index (χ2v) is 7.85. The highest BCUT2D eigenvalue weighted by atomic mass is 79.9. The Kier molecular flexibility index (Phi) is 7.17. The molecule has 3 rings (SSSR count). The van der Waals surface area contributed by atoms with Crippen molar-refractivity contribution >= 4 is 27.7 Å². The standard InChI is InChI=1S/C22H21BrF2N4O2/c1-13(19-12-27-29(14(19)2)17-6-3-15(24)4-7-17)28-21(30)9-10-26-22(31)18-11-16(25)5-8-20(18)23/h3-8,11-13H,9-10H2,1-2H3,(H,26,31)(H,28,30). The molecule has 0 bridgehead atoms. The van der Waals surface area contributed by atoms with Crippen LogP contribution in [0.2, 0.25) is 0 Å². The summed E-state index contributed by atoms with van der Waals surface area (Å²) in [5.74, 6) is -1.56. The first-order chi connectivity index (χ1) is 14.8. The van der Waals surface area contributed by atoms with Crippen LogP contribution < -0.4 is 10.6 Å². The van der Waals surface area contributed by atoms with Crippen LogP contribution in [-0.2, 0) is 4.79 Å². The highest BCUT2D eigenvalue weighted by molar-refractivity contribution is 9.10. The van der Waals surface area contributed by atoms with E-state index in [0.717, 1.165) is 23.0 Å². The van der Waals surface area contributed by atoms with Gasteiger partial charge in [0.15, 0.2) is 0 Å². The van der Waals surface area contributed by atoms with Crippen molar-refractivity contribution in [1.82, 2.24) is 20.4 Å². The van der Waals surface area contributed by atoms with Gasteiger partial charge in [0.2, 0.25) is 5.91 Å². The van der Waals surface area contributed by atoms with E-state index in [2.05, 4.69) is 31.7 Å². The van der Waals surface area contributed by atoms with Gasteiger partial charge < -0.3 is 10.6 Å². The minimum absolute atomic E-state index is 0.0637. The second-order valence-electron chi connectivity index (χ2n) is 6.99. The van der Waals surface area contributed by atoms with Gasteiger partial charge in [-0.3, -0.25) is 9.59 Å². The Morgan fingerprint density at radius 1 is 1.13 bits per heavy atom. The molecule has 0 fully saturated rings. The summed E-state index contributed by atoms with van der Waals surface area (Å²) in [4.78, 5) is 24.5. The molecule has 0 aliphatic carbocycles. The van der Waals surface area contributed by atoms with Crippen molar-refractivity contribution in [3.8, 4) is 5.69 Å². The average molecular weight is 491 g/mol. The molecular formula is C22H21BrF2N4O2. The van der Waals surface area contributed by atoms with Gasteiger partial charge in [0, 0.05) is 28.7 Å². The molecule has 3 aromatic rings. The predicted molar refractivity (Wildman–Crippen MR) is 116 cm³/mol. The molecule has 6 nitrogen and oxygen atoms in total. The Bertz CT molecular complexity index is 1100. The molecule has 2 aromatic carbocycles. The molecule has 0 saturated heterocycles. The molecule has 162 valence electrons. The van der Waals surface area contributed by atoms with Crippen molar-refractivity contribution in [2.75, 3.05) is 6.54 Å². The van der Waals surface area contributed by atoms with E-state index in [4.69, 9.17) is 0 Å². The summed E-state index contributed by atoms with van der Waals surface area (Å²) in [5.41, 5.74) is 2.53. The summed E-state index contributed by atoms with van der Waals surface area (Å²) in [6, 6.07) is 9.49. The Morgan fingerprint density at radius 2 is 1.81 bits per heavy atom. The van der Waals surface area contributed by atoms with Gasteiger partial charge in [-0.2, -0.15) is 5.10 Å². The van der Waals surface area contributed by atoms with Crippen LogP contribution in [0.3, 0.4) is 0 Å². The zero-order chi connectivity index (χ0) is 22.5. The van der Waals surface area contributed by atoms with E-state index in [1.807, 2.05) is 13.8 Å². The number of hydrogen-bond acceptors (Lipinski definition) is 3. The smallest absolute Gasteiger partial charge is 0.252 e. The zero-order valence-electron chi connectivity index (χ0n) is 17.0. The Labute approximate surface area is 186 Å². The number of halogens is 3. The minimum atomic E-state index is -0.517. The van der Waals surface area contributed by atoms with Gasteiger partial charge in [-0.15, -0.1) is 0 Å². The van der Waals surface area contributed by atoms with Crippen LogP contribution in [-0.4, -0.2) is 28.1 Å². The van der Waals surface area contributed by atoms with Gasteiger partial charge in [0.05, 0.1) is 23.5 Å². The van der Waals surface area contributed by atoms with Crippen molar-refractivity contribution in [3.63, 3.8) is 0 Å². The minimum Gasteiger partial charge on any atom is -0.351 e. The average Bonchev–Trinajstić information content (AvgIpc) is 3.11. The Balaban J connectivity index is 1.54. The Morgan fingerprint density at radius 3 is 2.52 bits per heavy atom. The molecule has 1 aromatic heterocycles. The van der Waals surface area contributed by atoms with Crippen LogP contribution in [0.5, 0.6) is 0 Å². The van der Waals surface area contributed by atoms with Gasteiger partial charge in [-0.25, -0.2) is 13.5 Å². The Hall–Kier alpha value is -3.07. The molecule has 0 aliphatic rings. The van der Waals surface area contributed by atoms with E-state index in [1.165, 1.54) is 24.3 Å². The lowest BCUT2D eigenvalue weighted by Gasteiger charge is -2.14. The summed E-state index contributed by atoms with van der Waals surface area (Å²) in [7, 11) is 0. The fourth-order valence-corrected chi connectivity index (χ4v) is 3.56. The summed E-state index contributed by atoms with van der Waals surface area (Å²) >= 11 is 3.21. The SMILES string of the molecule is Cc1c(C(C)NC(=O)CCNC(=O)c2cc(F)ccc2Br)cnn1-c1ccc(F)cc1. The van der Waals surface area contributed by atoms with Crippen LogP contribution in [0.4, 0.5) is 8.78 Å². The van der Waals surface area contributed by atoms with E-state index >= 15 is 0 Å². The molecule has 1 atom stereocenters. The lowest BCUT2D eigenvalue weighted by atomic mass is 10.1. The summed E-state index contributed by atoms with van der Waals surface area (Å²) in [5, 5.41) is 9.81. The van der Waals surface area contributed by atoms with E-state index in [9.17, 15) is 18.4 Å². The van der Waals surface area contributed by atoms with Crippen molar-refractivity contribution in [1.29, 1.82) is 0 Å². The number of rotatable bonds is 7. The summed E-state index contributed by atoms with van der Waals surface area (Å²) in [6.07, 6.45) is 1.72. The maximum absolute atomic E-state index is 13.3. The molecule has 2 N–H and O–H groups in total. The molecule has 1 heterocycles. The first-order valence-corrected chi connectivity index (χ1v) is 10.4. The fraction of sp³-hybridized carbons (Fsp3) is 0.227. The summed E-state index contributed by atoms with van der Waals surface area (Å²) < 4.78 is 28.6. The highest BCUT2D eigenvalue weighted by Gasteiger charge is 2.17. The monoisotopic (exact) mass is 490 g/mol. The quantitative estimate of drug-likeness (QED) is 0.520. The number of carbonyl (C=O) groups is 2. The number of benzene rings is 2. The largest absolute Gasteiger partial charge is 0.351 e. The third-order valence-electron chi connectivity index (χ3n) is 4.77. The van der Waals surface area contributed by atoms with E-state index in [0.29, 0.717) is 4.47 Å². The zero-order valence-corrected chi connectivity index (χ0v) is 18.5. The number of nitrogens with zero attached hydrogens (tertiary/aromatic N) is 2. The topological polar surface area (TPSA) is 76.0 Å². The van der Waals surface area contributed by atoms with Crippen LogP contribution in [0.1, 0.15) is 41.0 Å². The highest BCUT2D eigenvalue weighted by Crippen LogP contribution is 2.21. The number of aromatic nitrogens is 2. The predicted octanol–water partition coefficient (Wildman–Crippen LogP) is 4.22. The van der Waals surface area contributed by atoms with Gasteiger partial charge in [-0.05, 0) is 72.2 Å². The van der Waals surface area contributed by atoms with Crippen molar-refractivity contribution in [2.24, 2.45) is 0 Å². The van der Waals surface area contributed by atoms with Crippen LogP contribution >= 0.6 is 15.9 Å². The van der Waals surface area contributed by atoms with Gasteiger partial charge in [0.1, 0.15) is 11.6 Å². The van der Waals surface area contributed by atoms with Gasteiger partial charge in [0.25, 0.3) is 5.91 Å². The van der Waals surface area contributed by atoms with E-state index in [-0.39, 0.29) is 36.3 Å². The molecule has 0 saturated carbocycles. The van der Waals surface area contributed by atoms with Crippen molar-refractivity contribution in [3.05, 3.63) is 81.6 Å². The normalized spacial score (nSPS) is 11.8. The number of hydrogen-bond donors (Lipinski definition) is 2. The molecule has 2 amide bonds. The third kappa shape index (κ3) is 5.55. The maximum atomic E-state index is 13.3. The first-order valence-electron chi connectivity index (χ1n) is 9.59. The summed E-state index contributed by atoms with van der Waals surface area (Å²) in [6.45, 7) is 3.80. The molecule has 1 unspecified atom stereocenters. The van der Waals surface area contributed by atoms with Crippen LogP contribution in [0.25, 0.3) is 5.69 Å². The van der Waals surface area contributed by atoms with Gasteiger partial charge in [-0.1, -0.05) is 0 Å². The first kappa shape index (κ1) is 22.6. The molecule has 0 spiro atoms. The number of carbonyl (C=O) groups excluding carboxylic acids is 2. The second kappa shape index (κ2) is 9.82. The van der Waals surface area contributed by atoms with Crippen molar-refractivity contribution < 1.29 is 18.4 Å². The van der Waals surface area contributed by atoms with E-state index in [1.54, 1.807) is 23.0 Å². The van der Waals surface area contributed by atoms with Crippen molar-refractivity contribution in [2.45, 2.75) is 26.3 Å². The maximum Gasteiger partial charge on any atom is 0.252 e. The molecule has 0 aliphatic heterocycles. The number of nitrogens with one attached hydrogen (secondary N) is 2. The molecule has 31 heavy (non-hydrogen) atoms. The van der Waals surface area contributed by atoms with Crippen LogP contribution in [0.15, 0.2) is 53.1 Å².